The molecule has 144 valence electrons. The number of benzene rings is 2. The van der Waals surface area contributed by atoms with Crippen molar-refractivity contribution in [2.75, 3.05) is 23.5 Å². The monoisotopic (exact) mass is 413 g/mol. The molecule has 2 amide bonds. The number of carbonyl (C=O) groups is 2. The molecule has 1 atom stereocenters. The van der Waals surface area contributed by atoms with Crippen LogP contribution in [0.4, 0.5) is 11.4 Å². The molecule has 28 heavy (non-hydrogen) atoms. The third-order valence-corrected chi connectivity index (χ3v) is 6.42. The second-order valence-corrected chi connectivity index (χ2v) is 8.48. The summed E-state index contributed by atoms with van der Waals surface area (Å²) in [4.78, 5) is 29.3. The van der Waals surface area contributed by atoms with Crippen LogP contribution < -0.4 is 10.6 Å². The minimum atomic E-state index is -0.408. The molecule has 6 nitrogen and oxygen atoms in total. The van der Waals surface area contributed by atoms with E-state index in [0.717, 1.165) is 27.4 Å². The first kappa shape index (κ1) is 18.9. The number of hydrogen-bond donors (Lipinski definition) is 2. The average molecular weight is 414 g/mol. The number of hydrogen-bond acceptors (Lipinski definition) is 6. The van der Waals surface area contributed by atoms with E-state index in [1.807, 2.05) is 24.5 Å². The van der Waals surface area contributed by atoms with Gasteiger partial charge in [-0.1, -0.05) is 17.8 Å². The highest BCUT2D eigenvalue weighted by molar-refractivity contribution is 8.00. The molecule has 0 saturated carbocycles. The van der Waals surface area contributed by atoms with E-state index in [9.17, 15) is 9.59 Å². The number of rotatable bonds is 5. The fourth-order valence-electron chi connectivity index (χ4n) is 3.02. The van der Waals surface area contributed by atoms with Gasteiger partial charge in [-0.25, -0.2) is 4.98 Å². The number of aromatic nitrogens is 1. The maximum atomic E-state index is 12.6. The van der Waals surface area contributed by atoms with Gasteiger partial charge in [0, 0.05) is 23.5 Å². The molecule has 1 aliphatic rings. The first-order valence-corrected chi connectivity index (χ1v) is 10.9. The second kappa shape index (κ2) is 8.30. The maximum Gasteiger partial charge on any atom is 0.255 e. The molecule has 1 fully saturated rings. The van der Waals surface area contributed by atoms with Crippen molar-refractivity contribution in [2.24, 2.45) is 0 Å². The number of nitrogens with zero attached hydrogens (tertiary/aromatic N) is 1. The van der Waals surface area contributed by atoms with Crippen molar-refractivity contribution < 1.29 is 14.3 Å². The zero-order valence-electron chi connectivity index (χ0n) is 15.2. The molecule has 4 rings (SSSR count). The van der Waals surface area contributed by atoms with E-state index in [0.29, 0.717) is 23.5 Å². The Morgan fingerprint density at radius 3 is 2.82 bits per heavy atom. The number of fused-ring (bicyclic) bond motifs is 1. The Hall–Kier alpha value is -2.42. The second-order valence-electron chi connectivity index (χ2n) is 6.39. The quantitative estimate of drug-likeness (QED) is 0.607. The van der Waals surface area contributed by atoms with E-state index in [1.54, 1.807) is 47.4 Å². The van der Waals surface area contributed by atoms with Crippen molar-refractivity contribution in [1.29, 1.82) is 0 Å². The van der Waals surface area contributed by atoms with Gasteiger partial charge in [0.25, 0.3) is 11.8 Å². The third-order valence-electron chi connectivity index (χ3n) is 4.42. The van der Waals surface area contributed by atoms with Crippen LogP contribution in [0, 0.1) is 0 Å². The highest BCUT2D eigenvalue weighted by Gasteiger charge is 2.23. The summed E-state index contributed by atoms with van der Waals surface area (Å²) in [5.74, 6) is -0.405. The predicted molar refractivity (Wildman–Crippen MR) is 113 cm³/mol. The lowest BCUT2D eigenvalue weighted by atomic mass is 10.1. The van der Waals surface area contributed by atoms with Crippen LogP contribution >= 0.6 is 23.1 Å². The Bertz CT molecular complexity index is 1030. The van der Waals surface area contributed by atoms with Crippen LogP contribution in [0.5, 0.6) is 0 Å². The van der Waals surface area contributed by atoms with Crippen LogP contribution in [-0.4, -0.2) is 35.8 Å². The van der Waals surface area contributed by atoms with Crippen molar-refractivity contribution in [3.05, 3.63) is 48.0 Å². The number of anilines is 2. The summed E-state index contributed by atoms with van der Waals surface area (Å²) in [6.07, 6.45) is 3.20. The summed E-state index contributed by atoms with van der Waals surface area (Å²) >= 11 is 3.20. The highest BCUT2D eigenvalue weighted by atomic mass is 32.2. The number of amides is 2. The van der Waals surface area contributed by atoms with Gasteiger partial charge in [-0.05, 0) is 55.5 Å². The van der Waals surface area contributed by atoms with Crippen LogP contribution in [0.1, 0.15) is 23.2 Å². The third kappa shape index (κ3) is 4.19. The van der Waals surface area contributed by atoms with Crippen molar-refractivity contribution in [3.8, 4) is 0 Å². The SMILES string of the molecule is CSc1nc2ccc(NC(=O)c3cccc(NC(=O)C4CCCO4)c3)cc2s1. The van der Waals surface area contributed by atoms with E-state index in [1.165, 1.54) is 0 Å². The lowest BCUT2D eigenvalue weighted by Crippen LogP contribution is -2.27. The molecule has 1 aromatic heterocycles. The summed E-state index contributed by atoms with van der Waals surface area (Å²) in [6.45, 7) is 0.614. The molecule has 2 aromatic carbocycles. The number of nitrogens with one attached hydrogen (secondary N) is 2. The van der Waals surface area contributed by atoms with E-state index >= 15 is 0 Å². The minimum Gasteiger partial charge on any atom is -0.368 e. The van der Waals surface area contributed by atoms with E-state index < -0.39 is 6.10 Å². The summed E-state index contributed by atoms with van der Waals surface area (Å²) < 4.78 is 7.41. The standard InChI is InChI=1S/C20H19N3O3S2/c1-27-20-23-15-8-7-14(11-17(15)28-20)21-18(24)12-4-2-5-13(10-12)22-19(25)16-6-3-9-26-16/h2,4-5,7-8,10-11,16H,3,6,9H2,1H3,(H,21,24)(H,22,25). The maximum absolute atomic E-state index is 12.6. The van der Waals surface area contributed by atoms with Gasteiger partial charge in [-0.2, -0.15) is 0 Å². The molecule has 1 unspecified atom stereocenters. The smallest absolute Gasteiger partial charge is 0.255 e. The van der Waals surface area contributed by atoms with E-state index in [2.05, 4.69) is 15.6 Å². The summed E-state index contributed by atoms with van der Waals surface area (Å²) in [7, 11) is 0. The summed E-state index contributed by atoms with van der Waals surface area (Å²) in [5.41, 5.74) is 2.68. The average Bonchev–Trinajstić information content (AvgIpc) is 3.37. The molecule has 0 spiro atoms. The zero-order valence-corrected chi connectivity index (χ0v) is 16.9. The van der Waals surface area contributed by atoms with Gasteiger partial charge in [0.1, 0.15) is 6.10 Å². The first-order valence-electron chi connectivity index (χ1n) is 8.91. The van der Waals surface area contributed by atoms with Gasteiger partial charge >= 0.3 is 0 Å². The Balaban J connectivity index is 1.46. The Labute approximate surface area is 170 Å². The molecule has 0 aliphatic carbocycles. The van der Waals surface area contributed by atoms with Crippen LogP contribution in [0.3, 0.4) is 0 Å². The van der Waals surface area contributed by atoms with Gasteiger partial charge in [0.2, 0.25) is 0 Å². The molecule has 1 saturated heterocycles. The van der Waals surface area contributed by atoms with Crippen molar-refractivity contribution in [2.45, 2.75) is 23.3 Å². The van der Waals surface area contributed by atoms with Crippen LogP contribution in [-0.2, 0) is 9.53 Å². The van der Waals surface area contributed by atoms with Gasteiger partial charge in [0.05, 0.1) is 10.2 Å². The molecular formula is C20H19N3O3S2. The van der Waals surface area contributed by atoms with Crippen LogP contribution in [0.25, 0.3) is 10.2 Å². The number of ether oxygens (including phenoxy) is 1. The Morgan fingerprint density at radius 1 is 1.18 bits per heavy atom. The molecule has 3 aromatic rings. The molecule has 2 N–H and O–H groups in total. The van der Waals surface area contributed by atoms with Crippen LogP contribution in [0.2, 0.25) is 0 Å². The van der Waals surface area contributed by atoms with Crippen molar-refractivity contribution in [3.63, 3.8) is 0 Å². The Morgan fingerprint density at radius 2 is 2.04 bits per heavy atom. The molecule has 8 heteroatoms. The largest absolute Gasteiger partial charge is 0.368 e. The lowest BCUT2D eigenvalue weighted by molar-refractivity contribution is -0.124. The number of thiazole rings is 1. The molecule has 2 heterocycles. The van der Waals surface area contributed by atoms with Crippen LogP contribution in [0.15, 0.2) is 46.8 Å². The molecule has 1 aliphatic heterocycles. The van der Waals surface area contributed by atoms with E-state index in [-0.39, 0.29) is 11.8 Å². The van der Waals surface area contributed by atoms with Crippen molar-refractivity contribution in [1.82, 2.24) is 4.98 Å². The number of carbonyl (C=O) groups excluding carboxylic acids is 2. The fraction of sp³-hybridized carbons (Fsp3) is 0.250. The fourth-order valence-corrected chi connectivity index (χ4v) is 4.55. The Kier molecular flexibility index (Phi) is 5.61. The lowest BCUT2D eigenvalue weighted by Gasteiger charge is -2.11. The van der Waals surface area contributed by atoms with Gasteiger partial charge in [-0.3, -0.25) is 9.59 Å². The van der Waals surface area contributed by atoms with E-state index in [4.69, 9.17) is 4.74 Å². The summed E-state index contributed by atoms with van der Waals surface area (Å²) in [6, 6.07) is 12.6. The highest BCUT2D eigenvalue weighted by Crippen LogP contribution is 2.30. The zero-order chi connectivity index (χ0) is 19.5. The van der Waals surface area contributed by atoms with Gasteiger partial charge < -0.3 is 15.4 Å². The minimum absolute atomic E-state index is 0.171. The van der Waals surface area contributed by atoms with Gasteiger partial charge in [-0.15, -0.1) is 11.3 Å². The summed E-state index contributed by atoms with van der Waals surface area (Å²) in [5, 5.41) is 5.73. The number of thioether (sulfide) groups is 1. The molecule has 0 radical (unpaired) electrons. The predicted octanol–water partition coefficient (Wildman–Crippen LogP) is 4.39. The molecule has 0 bridgehead atoms. The van der Waals surface area contributed by atoms with Crippen molar-refractivity contribution >= 4 is 56.5 Å². The topological polar surface area (TPSA) is 80.3 Å². The normalized spacial score (nSPS) is 16.2. The first-order chi connectivity index (χ1) is 13.6. The molecular weight excluding hydrogens is 394 g/mol. The van der Waals surface area contributed by atoms with Gasteiger partial charge in [0.15, 0.2) is 4.34 Å².